The van der Waals surface area contributed by atoms with Gasteiger partial charge in [0.25, 0.3) is 0 Å². The highest BCUT2D eigenvalue weighted by Crippen LogP contribution is 2.23. The van der Waals surface area contributed by atoms with E-state index in [-0.39, 0.29) is 0 Å². The topological polar surface area (TPSA) is 92.9 Å². The smallest absolute Gasteiger partial charge is 0.410 e. The predicted octanol–water partition coefficient (Wildman–Crippen LogP) is 1.02. The molecule has 2 atom stereocenters. The second-order valence-electron chi connectivity index (χ2n) is 5.47. The quantitative estimate of drug-likeness (QED) is 0.604. The third kappa shape index (κ3) is 4.14. The number of aliphatic hydroxyl groups excluding tert-OH is 1. The Hall–Kier alpha value is -1.37. The average Bonchev–Trinajstić information content (AvgIpc) is 2.61. The maximum absolute atomic E-state index is 11.9. The summed E-state index contributed by atoms with van der Waals surface area (Å²) in [7, 11) is 0. The Balaban J connectivity index is 2.64. The summed E-state index contributed by atoms with van der Waals surface area (Å²) in [5, 5.41) is 20.1. The number of carbonyl (C=O) groups is 1. The molecule has 1 saturated heterocycles. The van der Waals surface area contributed by atoms with Crippen molar-refractivity contribution in [2.75, 3.05) is 13.1 Å². The standard InChI is InChI=1S/C11H20N2O5/c1-11(2,3)18-10(15)12-6-4-5-8(12)9(14)7-13(16)17/h8-9,14H,4-7H2,1-3H3/t8-,9?/m0/s1. The van der Waals surface area contributed by atoms with Gasteiger partial charge in [-0.3, -0.25) is 10.1 Å². The van der Waals surface area contributed by atoms with Crippen molar-refractivity contribution in [3.8, 4) is 0 Å². The summed E-state index contributed by atoms with van der Waals surface area (Å²) in [6, 6.07) is -0.523. The van der Waals surface area contributed by atoms with E-state index in [1.54, 1.807) is 20.8 Å². The molecule has 1 N–H and O–H groups in total. The lowest BCUT2D eigenvalue weighted by atomic mass is 10.1. The number of hydrogen-bond donors (Lipinski definition) is 1. The number of hydrogen-bond acceptors (Lipinski definition) is 5. The summed E-state index contributed by atoms with van der Waals surface area (Å²) in [5.41, 5.74) is -0.613. The number of ether oxygens (including phenoxy) is 1. The van der Waals surface area contributed by atoms with Gasteiger partial charge in [-0.2, -0.15) is 0 Å². The average molecular weight is 260 g/mol. The number of carbonyl (C=O) groups excluding carboxylic acids is 1. The fraction of sp³-hybridized carbons (Fsp3) is 0.909. The van der Waals surface area contributed by atoms with E-state index in [0.29, 0.717) is 13.0 Å². The zero-order chi connectivity index (χ0) is 13.9. The van der Waals surface area contributed by atoms with Gasteiger partial charge in [-0.05, 0) is 33.6 Å². The van der Waals surface area contributed by atoms with Crippen molar-refractivity contribution in [2.45, 2.75) is 51.4 Å². The van der Waals surface area contributed by atoms with Crippen molar-refractivity contribution in [1.82, 2.24) is 4.90 Å². The number of nitrogens with zero attached hydrogens (tertiary/aromatic N) is 2. The Bertz CT molecular complexity index is 326. The molecule has 104 valence electrons. The molecule has 0 saturated carbocycles. The molecule has 7 nitrogen and oxygen atoms in total. The normalized spacial score (nSPS) is 21.8. The molecule has 7 heteroatoms. The summed E-state index contributed by atoms with van der Waals surface area (Å²) in [5.74, 6) is 0. The summed E-state index contributed by atoms with van der Waals surface area (Å²) in [6.45, 7) is 5.18. The van der Waals surface area contributed by atoms with Crippen LogP contribution in [-0.2, 0) is 4.74 Å². The van der Waals surface area contributed by atoms with Crippen LogP contribution in [0.1, 0.15) is 33.6 Å². The van der Waals surface area contributed by atoms with Gasteiger partial charge in [-0.1, -0.05) is 0 Å². The molecule has 1 heterocycles. The van der Waals surface area contributed by atoms with Gasteiger partial charge in [0.2, 0.25) is 6.54 Å². The Morgan fingerprint density at radius 3 is 2.72 bits per heavy atom. The van der Waals surface area contributed by atoms with Gasteiger partial charge in [-0.25, -0.2) is 4.79 Å². The second-order valence-corrected chi connectivity index (χ2v) is 5.47. The number of likely N-dealkylation sites (tertiary alicyclic amines) is 1. The molecule has 1 amide bonds. The van der Waals surface area contributed by atoms with Gasteiger partial charge < -0.3 is 14.7 Å². The van der Waals surface area contributed by atoms with Crippen molar-refractivity contribution in [3.05, 3.63) is 10.1 Å². The minimum atomic E-state index is -1.14. The van der Waals surface area contributed by atoms with Crippen molar-refractivity contribution >= 4 is 6.09 Å². The van der Waals surface area contributed by atoms with E-state index in [0.717, 1.165) is 6.42 Å². The van der Waals surface area contributed by atoms with E-state index in [2.05, 4.69) is 0 Å². The number of amides is 1. The zero-order valence-electron chi connectivity index (χ0n) is 11.0. The molecule has 0 aliphatic carbocycles. The summed E-state index contributed by atoms with van der Waals surface area (Å²) in [4.78, 5) is 23.1. The summed E-state index contributed by atoms with van der Waals surface area (Å²) >= 11 is 0. The van der Waals surface area contributed by atoms with E-state index in [4.69, 9.17) is 4.74 Å². The van der Waals surface area contributed by atoms with Crippen LogP contribution in [0.2, 0.25) is 0 Å². The number of nitro groups is 1. The van der Waals surface area contributed by atoms with Crippen molar-refractivity contribution in [1.29, 1.82) is 0 Å². The van der Waals surface area contributed by atoms with Crippen LogP contribution in [0, 0.1) is 10.1 Å². The fourth-order valence-corrected chi connectivity index (χ4v) is 2.01. The molecule has 1 unspecified atom stereocenters. The molecule has 0 aromatic carbocycles. The first-order valence-corrected chi connectivity index (χ1v) is 6.00. The minimum Gasteiger partial charge on any atom is -0.444 e. The highest BCUT2D eigenvalue weighted by molar-refractivity contribution is 5.69. The monoisotopic (exact) mass is 260 g/mol. The van der Waals surface area contributed by atoms with Gasteiger partial charge >= 0.3 is 6.09 Å². The first-order valence-electron chi connectivity index (χ1n) is 6.00. The van der Waals surface area contributed by atoms with Crippen molar-refractivity contribution in [3.63, 3.8) is 0 Å². The highest BCUT2D eigenvalue weighted by atomic mass is 16.6. The Morgan fingerprint density at radius 1 is 1.61 bits per heavy atom. The highest BCUT2D eigenvalue weighted by Gasteiger charge is 2.38. The van der Waals surface area contributed by atoms with Crippen LogP contribution in [0.25, 0.3) is 0 Å². The van der Waals surface area contributed by atoms with Gasteiger partial charge in [0.15, 0.2) is 0 Å². The third-order valence-corrected chi connectivity index (χ3v) is 2.71. The second kappa shape index (κ2) is 5.51. The summed E-state index contributed by atoms with van der Waals surface area (Å²) in [6.07, 6.45) is -0.380. The van der Waals surface area contributed by atoms with E-state index in [1.807, 2.05) is 0 Å². The molecule has 1 fully saturated rings. The molecule has 0 radical (unpaired) electrons. The van der Waals surface area contributed by atoms with Gasteiger partial charge in [0.05, 0.1) is 6.04 Å². The molecule has 1 aliphatic rings. The van der Waals surface area contributed by atoms with Gasteiger partial charge in [0.1, 0.15) is 11.7 Å². The zero-order valence-corrected chi connectivity index (χ0v) is 11.0. The lowest BCUT2D eigenvalue weighted by molar-refractivity contribution is -0.491. The summed E-state index contributed by atoms with van der Waals surface area (Å²) < 4.78 is 5.21. The third-order valence-electron chi connectivity index (χ3n) is 2.71. The van der Waals surface area contributed by atoms with E-state index in [9.17, 15) is 20.0 Å². The number of rotatable bonds is 3. The Labute approximate surface area is 106 Å². The van der Waals surface area contributed by atoms with Crippen LogP contribution >= 0.6 is 0 Å². The Kier molecular flexibility index (Phi) is 4.50. The van der Waals surface area contributed by atoms with E-state index < -0.39 is 35.3 Å². The van der Waals surface area contributed by atoms with Gasteiger partial charge in [0, 0.05) is 11.5 Å². The van der Waals surface area contributed by atoms with E-state index >= 15 is 0 Å². The van der Waals surface area contributed by atoms with Crippen LogP contribution in [0.4, 0.5) is 4.79 Å². The SMILES string of the molecule is CC(C)(C)OC(=O)N1CCC[C@H]1C(O)C[N+](=O)[O-]. The lowest BCUT2D eigenvalue weighted by Crippen LogP contribution is -2.47. The molecule has 18 heavy (non-hydrogen) atoms. The molecule has 1 aliphatic heterocycles. The first-order chi connectivity index (χ1) is 8.20. The maximum atomic E-state index is 11.9. The molecular formula is C11H20N2O5. The molecule has 1 rings (SSSR count). The predicted molar refractivity (Wildman–Crippen MR) is 63.8 cm³/mol. The lowest BCUT2D eigenvalue weighted by Gasteiger charge is -2.29. The van der Waals surface area contributed by atoms with Crippen LogP contribution in [0.3, 0.4) is 0 Å². The fourth-order valence-electron chi connectivity index (χ4n) is 2.01. The molecule has 0 aromatic rings. The molecular weight excluding hydrogens is 240 g/mol. The van der Waals surface area contributed by atoms with Crippen LogP contribution in [-0.4, -0.2) is 51.9 Å². The number of aliphatic hydroxyl groups is 1. The van der Waals surface area contributed by atoms with Crippen molar-refractivity contribution in [2.24, 2.45) is 0 Å². The van der Waals surface area contributed by atoms with Crippen LogP contribution < -0.4 is 0 Å². The maximum Gasteiger partial charge on any atom is 0.410 e. The molecule has 0 bridgehead atoms. The molecule has 0 spiro atoms. The van der Waals surface area contributed by atoms with Gasteiger partial charge in [-0.15, -0.1) is 0 Å². The molecule has 0 aromatic heterocycles. The van der Waals surface area contributed by atoms with E-state index in [1.165, 1.54) is 4.90 Å². The van der Waals surface area contributed by atoms with Crippen LogP contribution in [0.5, 0.6) is 0 Å². The van der Waals surface area contributed by atoms with Crippen molar-refractivity contribution < 1.29 is 19.6 Å². The minimum absolute atomic E-state index is 0.467. The largest absolute Gasteiger partial charge is 0.444 e. The Morgan fingerprint density at radius 2 is 2.22 bits per heavy atom. The van der Waals surface area contributed by atoms with Crippen LogP contribution in [0.15, 0.2) is 0 Å². The first kappa shape index (κ1) is 14.7.